The third-order valence-corrected chi connectivity index (χ3v) is 4.55. The van der Waals surface area contributed by atoms with Crippen molar-refractivity contribution >= 4 is 0 Å². The monoisotopic (exact) mass is 250 g/mol. The lowest BCUT2D eigenvalue weighted by Crippen LogP contribution is -2.37. The van der Waals surface area contributed by atoms with Crippen molar-refractivity contribution in [1.29, 1.82) is 0 Å². The second kappa shape index (κ2) is 5.00. The topological polar surface area (TPSA) is 20.2 Å². The summed E-state index contributed by atoms with van der Waals surface area (Å²) < 4.78 is 12.9. The normalized spacial score (nSPS) is 28.9. The van der Waals surface area contributed by atoms with E-state index >= 15 is 0 Å². The predicted octanol–water partition coefficient (Wildman–Crippen LogP) is 4.32. The van der Waals surface area contributed by atoms with Crippen molar-refractivity contribution in [3.63, 3.8) is 0 Å². The third kappa shape index (κ3) is 2.59. The molecule has 0 aliphatic heterocycles. The number of rotatable bonds is 2. The quantitative estimate of drug-likeness (QED) is 0.828. The largest absolute Gasteiger partial charge is 0.388 e. The average molecular weight is 250 g/mol. The predicted molar refractivity (Wildman–Crippen MR) is 71.6 cm³/mol. The number of benzene rings is 1. The van der Waals surface area contributed by atoms with Crippen LogP contribution in [0.5, 0.6) is 0 Å². The van der Waals surface area contributed by atoms with E-state index in [0.29, 0.717) is 5.92 Å². The van der Waals surface area contributed by atoms with E-state index < -0.39 is 6.10 Å². The molecule has 1 nitrogen and oxygen atoms in total. The Morgan fingerprint density at radius 1 is 1.28 bits per heavy atom. The van der Waals surface area contributed by atoms with Crippen molar-refractivity contribution in [3.8, 4) is 0 Å². The van der Waals surface area contributed by atoms with Gasteiger partial charge in [-0.1, -0.05) is 45.7 Å². The highest BCUT2D eigenvalue weighted by Crippen LogP contribution is 2.49. The van der Waals surface area contributed by atoms with Gasteiger partial charge in [-0.15, -0.1) is 0 Å². The Labute approximate surface area is 109 Å². The smallest absolute Gasteiger partial charge is 0.123 e. The fourth-order valence-corrected chi connectivity index (χ4v) is 3.60. The maximum absolute atomic E-state index is 12.9. The van der Waals surface area contributed by atoms with Gasteiger partial charge < -0.3 is 5.11 Å². The molecule has 1 unspecified atom stereocenters. The Bertz CT molecular complexity index is 396. The fraction of sp³-hybridized carbons (Fsp3) is 0.625. The van der Waals surface area contributed by atoms with E-state index in [9.17, 15) is 9.50 Å². The summed E-state index contributed by atoms with van der Waals surface area (Å²) in [7, 11) is 0. The van der Waals surface area contributed by atoms with Crippen molar-refractivity contribution in [2.45, 2.75) is 46.1 Å². The summed E-state index contributed by atoms with van der Waals surface area (Å²) in [6.07, 6.45) is 3.07. The number of aliphatic hydroxyl groups is 1. The number of halogens is 1. The van der Waals surface area contributed by atoms with Gasteiger partial charge in [-0.2, -0.15) is 0 Å². The van der Waals surface area contributed by atoms with Crippen LogP contribution in [0.25, 0.3) is 0 Å². The first-order chi connectivity index (χ1) is 8.42. The molecule has 0 amide bonds. The SMILES string of the molecule is C[C@H]1CCCC(C)(C)[C@@H]1C(O)c1ccc(F)cc1. The minimum absolute atomic E-state index is 0.144. The fourth-order valence-electron chi connectivity index (χ4n) is 3.60. The molecule has 2 rings (SSSR count). The van der Waals surface area contributed by atoms with Gasteiger partial charge in [-0.3, -0.25) is 0 Å². The maximum Gasteiger partial charge on any atom is 0.123 e. The van der Waals surface area contributed by atoms with Crippen molar-refractivity contribution in [2.75, 3.05) is 0 Å². The van der Waals surface area contributed by atoms with Crippen LogP contribution in [0.15, 0.2) is 24.3 Å². The van der Waals surface area contributed by atoms with Gasteiger partial charge in [0.25, 0.3) is 0 Å². The van der Waals surface area contributed by atoms with Crippen LogP contribution < -0.4 is 0 Å². The molecule has 0 aromatic heterocycles. The molecule has 1 aromatic carbocycles. The van der Waals surface area contributed by atoms with Crippen LogP contribution in [-0.2, 0) is 0 Å². The lowest BCUT2D eigenvalue weighted by Gasteiger charge is -2.45. The highest BCUT2D eigenvalue weighted by molar-refractivity contribution is 5.20. The lowest BCUT2D eigenvalue weighted by molar-refractivity contribution is -0.0293. The summed E-state index contributed by atoms with van der Waals surface area (Å²) in [6, 6.07) is 6.27. The average Bonchev–Trinajstić information content (AvgIpc) is 2.28. The van der Waals surface area contributed by atoms with Gasteiger partial charge in [0.1, 0.15) is 5.82 Å². The molecule has 1 N–H and O–H groups in total. The Hall–Kier alpha value is -0.890. The molecule has 2 heteroatoms. The summed E-state index contributed by atoms with van der Waals surface area (Å²) in [5.74, 6) is 0.507. The van der Waals surface area contributed by atoms with E-state index in [1.807, 2.05) is 0 Å². The minimum Gasteiger partial charge on any atom is -0.388 e. The summed E-state index contributed by atoms with van der Waals surface area (Å²) in [4.78, 5) is 0. The van der Waals surface area contributed by atoms with Gasteiger partial charge in [0, 0.05) is 0 Å². The third-order valence-electron chi connectivity index (χ3n) is 4.55. The highest BCUT2D eigenvalue weighted by atomic mass is 19.1. The zero-order chi connectivity index (χ0) is 13.3. The van der Waals surface area contributed by atoms with Crippen LogP contribution in [-0.4, -0.2) is 5.11 Å². The Morgan fingerprint density at radius 3 is 2.44 bits per heavy atom. The van der Waals surface area contributed by atoms with E-state index in [-0.39, 0.29) is 17.2 Å². The molecular weight excluding hydrogens is 227 g/mol. The molecule has 0 radical (unpaired) electrons. The van der Waals surface area contributed by atoms with Crippen LogP contribution in [0.2, 0.25) is 0 Å². The second-order valence-electron chi connectivity index (χ2n) is 6.38. The molecule has 0 bridgehead atoms. The first-order valence-corrected chi connectivity index (χ1v) is 6.85. The molecule has 1 saturated carbocycles. The molecule has 1 fully saturated rings. The van der Waals surface area contributed by atoms with Gasteiger partial charge >= 0.3 is 0 Å². The first-order valence-electron chi connectivity index (χ1n) is 6.85. The van der Waals surface area contributed by atoms with E-state index in [1.54, 1.807) is 12.1 Å². The summed E-state index contributed by atoms with van der Waals surface area (Å²) in [6.45, 7) is 6.69. The molecule has 1 aromatic rings. The molecule has 1 aliphatic rings. The molecule has 0 heterocycles. The molecule has 0 saturated heterocycles. The Kier molecular flexibility index (Phi) is 3.76. The molecular formula is C16H23FO. The highest BCUT2D eigenvalue weighted by Gasteiger charge is 2.41. The molecule has 3 atom stereocenters. The minimum atomic E-state index is -0.490. The van der Waals surface area contributed by atoms with Crippen LogP contribution in [0, 0.1) is 23.1 Å². The van der Waals surface area contributed by atoms with Crippen LogP contribution in [0.1, 0.15) is 51.7 Å². The first kappa shape index (κ1) is 13.5. The van der Waals surface area contributed by atoms with Gasteiger partial charge in [0.2, 0.25) is 0 Å². The van der Waals surface area contributed by atoms with Crippen LogP contribution in [0.4, 0.5) is 4.39 Å². The molecule has 1 aliphatic carbocycles. The summed E-state index contributed by atoms with van der Waals surface area (Å²) >= 11 is 0. The van der Waals surface area contributed by atoms with Gasteiger partial charge in [0.05, 0.1) is 6.10 Å². The van der Waals surface area contributed by atoms with Gasteiger partial charge in [-0.05, 0) is 41.4 Å². The number of hydrogen-bond donors (Lipinski definition) is 1. The lowest BCUT2D eigenvalue weighted by atomic mass is 9.61. The Balaban J connectivity index is 2.25. The van der Waals surface area contributed by atoms with E-state index in [0.717, 1.165) is 12.0 Å². The van der Waals surface area contributed by atoms with Crippen LogP contribution in [0.3, 0.4) is 0 Å². The van der Waals surface area contributed by atoms with Crippen molar-refractivity contribution < 1.29 is 9.50 Å². The van der Waals surface area contributed by atoms with Crippen molar-refractivity contribution in [1.82, 2.24) is 0 Å². The van der Waals surface area contributed by atoms with Crippen molar-refractivity contribution in [3.05, 3.63) is 35.6 Å². The zero-order valence-electron chi connectivity index (χ0n) is 11.5. The number of hydrogen-bond acceptors (Lipinski definition) is 1. The maximum atomic E-state index is 12.9. The van der Waals surface area contributed by atoms with E-state index in [1.165, 1.54) is 25.0 Å². The summed E-state index contributed by atoms with van der Waals surface area (Å²) in [5.41, 5.74) is 0.981. The molecule has 18 heavy (non-hydrogen) atoms. The molecule has 100 valence electrons. The Morgan fingerprint density at radius 2 is 1.89 bits per heavy atom. The standard InChI is InChI=1S/C16H23FO/c1-11-5-4-10-16(2,3)14(11)15(18)12-6-8-13(17)9-7-12/h6-9,11,14-15,18H,4-5,10H2,1-3H3/t11-,14-,15?/m0/s1. The van der Waals surface area contributed by atoms with Crippen LogP contribution >= 0.6 is 0 Å². The summed E-state index contributed by atoms with van der Waals surface area (Å²) in [5, 5.41) is 10.6. The molecule has 0 spiro atoms. The zero-order valence-corrected chi connectivity index (χ0v) is 11.5. The van der Waals surface area contributed by atoms with Gasteiger partial charge in [-0.25, -0.2) is 4.39 Å². The number of aliphatic hydroxyl groups excluding tert-OH is 1. The van der Waals surface area contributed by atoms with Gasteiger partial charge in [0.15, 0.2) is 0 Å². The van der Waals surface area contributed by atoms with Crippen molar-refractivity contribution in [2.24, 2.45) is 17.3 Å². The van der Waals surface area contributed by atoms with E-state index in [2.05, 4.69) is 20.8 Å². The second-order valence-corrected chi connectivity index (χ2v) is 6.38. The van der Waals surface area contributed by atoms with E-state index in [4.69, 9.17) is 0 Å².